The van der Waals surface area contributed by atoms with E-state index in [1.165, 1.54) is 37.4 Å². The Morgan fingerprint density at radius 2 is 1.79 bits per heavy atom. The molecule has 0 bridgehead atoms. The number of esters is 1. The van der Waals surface area contributed by atoms with Crippen molar-refractivity contribution >= 4 is 12.1 Å². The van der Waals surface area contributed by atoms with Crippen LogP contribution in [0.4, 0.5) is 18.0 Å². The number of amides is 1. The van der Waals surface area contributed by atoms with Crippen molar-refractivity contribution in [3.63, 3.8) is 0 Å². The number of hydrogen-bond donors (Lipinski definition) is 1. The maximum Gasteiger partial charge on any atom is 0.428 e. The largest absolute Gasteiger partial charge is 0.479 e. The highest BCUT2D eigenvalue weighted by molar-refractivity contribution is 5.87. The van der Waals surface area contributed by atoms with Gasteiger partial charge >= 0.3 is 18.2 Å². The number of carbonyl (C=O) groups is 2. The normalized spacial score (nSPS) is 11.7. The molecule has 1 atom stereocenters. The molecule has 1 aromatic heterocycles. The summed E-state index contributed by atoms with van der Waals surface area (Å²) in [6.07, 6.45) is -4.90. The third-order valence-electron chi connectivity index (χ3n) is 3.11. The highest BCUT2D eigenvalue weighted by Gasteiger charge is 2.30. The first kappa shape index (κ1) is 20.5. The van der Waals surface area contributed by atoms with Gasteiger partial charge in [-0.1, -0.05) is 0 Å². The van der Waals surface area contributed by atoms with Crippen molar-refractivity contribution in [1.29, 1.82) is 5.26 Å². The van der Waals surface area contributed by atoms with Crippen LogP contribution in [0.2, 0.25) is 0 Å². The van der Waals surface area contributed by atoms with Crippen molar-refractivity contribution in [2.45, 2.75) is 19.2 Å². The molecule has 0 radical (unpaired) electrons. The van der Waals surface area contributed by atoms with Gasteiger partial charge in [0.2, 0.25) is 5.88 Å². The van der Waals surface area contributed by atoms with Crippen LogP contribution in [0.25, 0.3) is 0 Å². The van der Waals surface area contributed by atoms with Gasteiger partial charge in [0.15, 0.2) is 12.3 Å². The Balaban J connectivity index is 1.93. The Morgan fingerprint density at radius 1 is 1.14 bits per heavy atom. The van der Waals surface area contributed by atoms with E-state index >= 15 is 0 Å². The third-order valence-corrected chi connectivity index (χ3v) is 3.11. The highest BCUT2D eigenvalue weighted by atomic mass is 19.4. The van der Waals surface area contributed by atoms with E-state index in [4.69, 9.17) is 14.7 Å². The van der Waals surface area contributed by atoms with E-state index in [2.05, 4.69) is 9.72 Å². The molecule has 1 aromatic carbocycles. The van der Waals surface area contributed by atoms with Gasteiger partial charge in [-0.3, -0.25) is 0 Å². The number of benzene rings is 1. The number of nitrogens with one attached hydrogen (secondary N) is 1. The smallest absolute Gasteiger partial charge is 0.428 e. The number of halogens is 3. The predicted molar refractivity (Wildman–Crippen MR) is 86.1 cm³/mol. The van der Waals surface area contributed by atoms with E-state index in [0.29, 0.717) is 6.20 Å². The molecule has 1 heterocycles. The standard InChI is InChI=1S/C17H12F3N3O5/c1-10(15(24)28-16(25)23-9-21)26-12-3-5-13(6-4-12)27-14-7-2-11(8-22-14)17(18,19)20/h2-8,10H,1H3,(H,23,25). The van der Waals surface area contributed by atoms with E-state index in [1.54, 1.807) is 5.32 Å². The van der Waals surface area contributed by atoms with Gasteiger partial charge in [0.05, 0.1) is 5.56 Å². The van der Waals surface area contributed by atoms with Gasteiger partial charge in [-0.15, -0.1) is 0 Å². The van der Waals surface area contributed by atoms with Crippen molar-refractivity contribution < 1.29 is 37.0 Å². The Hall–Kier alpha value is -3.81. The predicted octanol–water partition coefficient (Wildman–Crippen LogP) is 3.39. The molecule has 0 saturated heterocycles. The summed E-state index contributed by atoms with van der Waals surface area (Å²) in [4.78, 5) is 26.2. The van der Waals surface area contributed by atoms with Gasteiger partial charge in [0, 0.05) is 12.3 Å². The lowest BCUT2D eigenvalue weighted by Gasteiger charge is -2.13. The van der Waals surface area contributed by atoms with Gasteiger partial charge in [0.25, 0.3) is 0 Å². The van der Waals surface area contributed by atoms with Crippen LogP contribution in [0.5, 0.6) is 17.4 Å². The molecule has 0 saturated carbocycles. The van der Waals surface area contributed by atoms with Crippen LogP contribution in [0.3, 0.4) is 0 Å². The van der Waals surface area contributed by atoms with E-state index in [1.807, 2.05) is 0 Å². The van der Waals surface area contributed by atoms with E-state index in [-0.39, 0.29) is 17.4 Å². The van der Waals surface area contributed by atoms with Gasteiger partial charge in [-0.2, -0.15) is 18.4 Å². The molecule has 0 fully saturated rings. The quantitative estimate of drug-likeness (QED) is 0.358. The molecule has 28 heavy (non-hydrogen) atoms. The zero-order chi connectivity index (χ0) is 20.7. The first-order chi connectivity index (χ1) is 13.2. The van der Waals surface area contributed by atoms with Crippen molar-refractivity contribution in [2.24, 2.45) is 0 Å². The summed E-state index contributed by atoms with van der Waals surface area (Å²) in [5.41, 5.74) is -0.895. The van der Waals surface area contributed by atoms with E-state index in [0.717, 1.165) is 12.1 Å². The Labute approximate surface area is 156 Å². The Morgan fingerprint density at radius 3 is 2.32 bits per heavy atom. The van der Waals surface area contributed by atoms with Crippen molar-refractivity contribution in [3.05, 3.63) is 48.2 Å². The van der Waals surface area contributed by atoms with E-state index < -0.39 is 29.9 Å². The van der Waals surface area contributed by atoms with Crippen molar-refractivity contribution in [1.82, 2.24) is 10.3 Å². The molecule has 0 aliphatic carbocycles. The number of alkyl carbamates (subject to hydrolysis) is 1. The van der Waals surface area contributed by atoms with Crippen LogP contribution in [0.15, 0.2) is 42.6 Å². The molecule has 1 N–H and O–H groups in total. The number of aromatic nitrogens is 1. The van der Waals surface area contributed by atoms with Crippen molar-refractivity contribution in [2.75, 3.05) is 0 Å². The monoisotopic (exact) mass is 395 g/mol. The summed E-state index contributed by atoms with van der Waals surface area (Å²) in [5, 5.41) is 9.85. The summed E-state index contributed by atoms with van der Waals surface area (Å²) in [6.45, 7) is 1.33. The zero-order valence-electron chi connectivity index (χ0n) is 14.2. The molecule has 0 aliphatic rings. The number of carbonyl (C=O) groups excluding carboxylic acids is 2. The summed E-state index contributed by atoms with van der Waals surface area (Å²) < 4.78 is 52.4. The average molecular weight is 395 g/mol. The number of nitrogens with zero attached hydrogens (tertiary/aromatic N) is 2. The molecule has 2 aromatic rings. The van der Waals surface area contributed by atoms with Crippen LogP contribution in [-0.4, -0.2) is 23.2 Å². The molecule has 0 spiro atoms. The fourth-order valence-corrected chi connectivity index (χ4v) is 1.81. The molecule has 146 valence electrons. The lowest BCUT2D eigenvalue weighted by Crippen LogP contribution is -2.31. The molecule has 2 rings (SSSR count). The van der Waals surface area contributed by atoms with Crippen LogP contribution < -0.4 is 14.8 Å². The molecule has 0 aliphatic heterocycles. The molecule has 8 nitrogen and oxygen atoms in total. The van der Waals surface area contributed by atoms with Crippen LogP contribution in [0.1, 0.15) is 12.5 Å². The molecule has 1 unspecified atom stereocenters. The zero-order valence-corrected chi connectivity index (χ0v) is 14.2. The van der Waals surface area contributed by atoms with Crippen LogP contribution in [-0.2, 0) is 15.7 Å². The SMILES string of the molecule is CC(Oc1ccc(Oc2ccc(C(F)(F)F)cn2)cc1)C(=O)OC(=O)NC#N. The maximum atomic E-state index is 12.5. The fraction of sp³-hybridized carbons (Fsp3) is 0.176. The first-order valence-electron chi connectivity index (χ1n) is 7.57. The number of hydrogen-bond acceptors (Lipinski definition) is 7. The summed E-state index contributed by atoms with van der Waals surface area (Å²) in [5.74, 6) is -0.551. The number of pyridine rings is 1. The second-order valence-corrected chi connectivity index (χ2v) is 5.16. The fourth-order valence-electron chi connectivity index (χ4n) is 1.81. The van der Waals surface area contributed by atoms with Gasteiger partial charge < -0.3 is 14.2 Å². The van der Waals surface area contributed by atoms with Crippen LogP contribution >= 0.6 is 0 Å². The summed E-state index contributed by atoms with van der Waals surface area (Å²) >= 11 is 0. The van der Waals surface area contributed by atoms with Crippen LogP contribution in [0, 0.1) is 11.5 Å². The van der Waals surface area contributed by atoms with Gasteiger partial charge in [-0.25, -0.2) is 19.9 Å². The third kappa shape index (κ3) is 5.87. The number of rotatable bonds is 5. The van der Waals surface area contributed by atoms with E-state index in [9.17, 15) is 22.8 Å². The van der Waals surface area contributed by atoms with Gasteiger partial charge in [-0.05, 0) is 37.3 Å². The molecule has 1 amide bonds. The number of alkyl halides is 3. The second kappa shape index (κ2) is 8.72. The number of ether oxygens (including phenoxy) is 3. The van der Waals surface area contributed by atoms with Gasteiger partial charge in [0.1, 0.15) is 11.5 Å². The molecule has 11 heteroatoms. The minimum Gasteiger partial charge on any atom is -0.479 e. The molecular formula is C17H12F3N3O5. The second-order valence-electron chi connectivity index (χ2n) is 5.16. The molecular weight excluding hydrogens is 383 g/mol. The minimum absolute atomic E-state index is 0.0397. The first-order valence-corrected chi connectivity index (χ1v) is 7.57. The Bertz CT molecular complexity index is 877. The lowest BCUT2D eigenvalue weighted by molar-refractivity contribution is -0.144. The average Bonchev–Trinajstić information content (AvgIpc) is 2.63. The highest BCUT2D eigenvalue weighted by Crippen LogP contribution is 2.30. The number of nitriles is 1. The minimum atomic E-state index is -4.49. The Kier molecular flexibility index (Phi) is 6.38. The summed E-state index contributed by atoms with van der Waals surface area (Å²) in [7, 11) is 0. The topological polar surface area (TPSA) is 111 Å². The summed E-state index contributed by atoms with van der Waals surface area (Å²) in [6, 6.07) is 7.66. The maximum absolute atomic E-state index is 12.5. The van der Waals surface area contributed by atoms with Crippen molar-refractivity contribution in [3.8, 4) is 23.6 Å². The lowest BCUT2D eigenvalue weighted by atomic mass is 10.3.